The quantitative estimate of drug-likeness (QED) is 0.585. The highest BCUT2D eigenvalue weighted by atomic mass is 14.7. The first kappa shape index (κ1) is 6.47. The minimum atomic E-state index is 1.08. The molecule has 2 rings (SSSR count). The van der Waals surface area contributed by atoms with Crippen LogP contribution in [0.25, 0.3) is 10.9 Å². The molecule has 0 saturated carbocycles. The molecular weight excluding hydrogens is 134 g/mol. The Balaban J connectivity index is 2.96. The molecule has 1 radical (unpaired) electrons. The third-order valence-electron chi connectivity index (χ3n) is 2.00. The molecule has 0 aliphatic heterocycles. The van der Waals surface area contributed by atoms with Gasteiger partial charge in [-0.25, -0.2) is 0 Å². The summed E-state index contributed by atoms with van der Waals surface area (Å²) in [4.78, 5) is 3.17. The predicted molar refractivity (Wildman–Crippen MR) is 47.5 cm³/mol. The van der Waals surface area contributed by atoms with Crippen molar-refractivity contribution in [2.45, 2.75) is 6.92 Å². The van der Waals surface area contributed by atoms with Crippen molar-refractivity contribution in [3.63, 3.8) is 0 Å². The third-order valence-corrected chi connectivity index (χ3v) is 2.00. The molecule has 2 aromatic rings. The average molecular weight is 144 g/mol. The van der Waals surface area contributed by atoms with Crippen LogP contribution in [0.4, 0.5) is 0 Å². The van der Waals surface area contributed by atoms with Crippen LogP contribution in [-0.4, -0.2) is 4.98 Å². The number of fused-ring (bicyclic) bond motifs is 1. The zero-order chi connectivity index (χ0) is 7.84. The number of hydrogen-bond donors (Lipinski definition) is 1. The van der Waals surface area contributed by atoms with Crippen molar-refractivity contribution in [3.8, 4) is 0 Å². The molecule has 1 aromatic heterocycles. The first-order valence-corrected chi connectivity index (χ1v) is 3.67. The molecule has 0 fully saturated rings. The van der Waals surface area contributed by atoms with Gasteiger partial charge < -0.3 is 4.98 Å². The van der Waals surface area contributed by atoms with E-state index in [1.54, 1.807) is 0 Å². The van der Waals surface area contributed by atoms with E-state index >= 15 is 0 Å². The summed E-state index contributed by atoms with van der Waals surface area (Å²) in [6.45, 7) is 6.04. The Morgan fingerprint density at radius 3 is 2.91 bits per heavy atom. The number of hydrogen-bond acceptors (Lipinski definition) is 0. The summed E-state index contributed by atoms with van der Waals surface area (Å²) >= 11 is 0. The highest BCUT2D eigenvalue weighted by Gasteiger charge is 1.99. The Bertz CT molecular complexity index is 385. The van der Waals surface area contributed by atoms with Crippen molar-refractivity contribution < 1.29 is 0 Å². The number of H-pyrrole nitrogens is 1. The lowest BCUT2D eigenvalue weighted by Crippen LogP contribution is -1.74. The predicted octanol–water partition coefficient (Wildman–Crippen LogP) is 2.66. The van der Waals surface area contributed by atoms with Gasteiger partial charge in [0.2, 0.25) is 0 Å². The molecule has 1 heterocycles. The number of aromatic amines is 1. The fourth-order valence-electron chi connectivity index (χ4n) is 1.45. The second-order valence-electron chi connectivity index (χ2n) is 2.81. The lowest BCUT2D eigenvalue weighted by atomic mass is 10.1. The van der Waals surface area contributed by atoms with E-state index < -0.39 is 0 Å². The number of benzene rings is 1. The Morgan fingerprint density at radius 2 is 2.18 bits per heavy atom. The van der Waals surface area contributed by atoms with Crippen molar-refractivity contribution >= 4 is 10.9 Å². The molecule has 0 amide bonds. The zero-order valence-corrected chi connectivity index (χ0v) is 6.52. The molecule has 0 bridgehead atoms. The maximum absolute atomic E-state index is 3.94. The van der Waals surface area contributed by atoms with E-state index in [0.29, 0.717) is 0 Å². The summed E-state index contributed by atoms with van der Waals surface area (Å²) in [7, 11) is 0. The van der Waals surface area contributed by atoms with E-state index in [1.807, 2.05) is 12.3 Å². The largest absolute Gasteiger partial charge is 0.361 e. The number of aryl methyl sites for hydroxylation is 1. The molecule has 0 unspecified atom stereocenters. The van der Waals surface area contributed by atoms with E-state index in [1.165, 1.54) is 16.5 Å². The molecule has 11 heavy (non-hydrogen) atoms. The molecule has 1 heteroatoms. The van der Waals surface area contributed by atoms with Crippen LogP contribution < -0.4 is 0 Å². The second-order valence-corrected chi connectivity index (χ2v) is 2.81. The fraction of sp³-hybridized carbons (Fsp3) is 0.100. The van der Waals surface area contributed by atoms with Crippen LogP contribution in [0.2, 0.25) is 0 Å². The summed E-state index contributed by atoms with van der Waals surface area (Å²) < 4.78 is 0. The monoisotopic (exact) mass is 144 g/mol. The van der Waals surface area contributed by atoms with Gasteiger partial charge in [-0.2, -0.15) is 0 Å². The van der Waals surface area contributed by atoms with Gasteiger partial charge in [0.15, 0.2) is 0 Å². The van der Waals surface area contributed by atoms with Crippen LogP contribution in [0.15, 0.2) is 24.4 Å². The number of nitrogens with one attached hydrogen (secondary N) is 1. The molecular formula is C10H10N. The Morgan fingerprint density at radius 1 is 1.36 bits per heavy atom. The normalized spacial score (nSPS) is 10.7. The van der Waals surface area contributed by atoms with Crippen LogP contribution in [0.1, 0.15) is 11.1 Å². The molecule has 0 spiro atoms. The Hall–Kier alpha value is -1.24. The second kappa shape index (κ2) is 2.12. The standard InChI is InChI=1S/C10H10N/c1-7-4-3-5-9-10(7)8(2)6-11-9/h3-6,11H,2H2,1H3. The number of rotatable bonds is 0. The molecule has 0 aliphatic carbocycles. The van der Waals surface area contributed by atoms with Gasteiger partial charge in [0.25, 0.3) is 0 Å². The first-order valence-electron chi connectivity index (χ1n) is 3.67. The maximum atomic E-state index is 3.94. The SMILES string of the molecule is [CH2]c1c[nH]c2cccc(C)c12. The van der Waals surface area contributed by atoms with Gasteiger partial charge in [-0.15, -0.1) is 0 Å². The highest BCUT2D eigenvalue weighted by molar-refractivity contribution is 5.86. The van der Waals surface area contributed by atoms with E-state index in [0.717, 1.165) is 5.56 Å². The molecule has 55 valence electrons. The van der Waals surface area contributed by atoms with Gasteiger partial charge in [-0.05, 0) is 31.0 Å². The average Bonchev–Trinajstić information content (AvgIpc) is 2.34. The lowest BCUT2D eigenvalue weighted by Gasteiger charge is -1.95. The highest BCUT2D eigenvalue weighted by Crippen LogP contribution is 2.20. The topological polar surface area (TPSA) is 15.8 Å². The van der Waals surface area contributed by atoms with Gasteiger partial charge in [0.1, 0.15) is 0 Å². The van der Waals surface area contributed by atoms with E-state index in [-0.39, 0.29) is 0 Å². The van der Waals surface area contributed by atoms with Crippen molar-refractivity contribution in [1.29, 1.82) is 0 Å². The smallest absolute Gasteiger partial charge is 0.0459 e. The molecule has 1 N–H and O–H groups in total. The minimum Gasteiger partial charge on any atom is -0.361 e. The Labute approximate surface area is 66.1 Å². The van der Waals surface area contributed by atoms with Crippen molar-refractivity contribution in [3.05, 3.63) is 42.4 Å². The van der Waals surface area contributed by atoms with Crippen molar-refractivity contribution in [2.24, 2.45) is 0 Å². The van der Waals surface area contributed by atoms with E-state index in [4.69, 9.17) is 0 Å². The first-order chi connectivity index (χ1) is 5.29. The summed E-state index contributed by atoms with van der Waals surface area (Å²) in [5.74, 6) is 0. The van der Waals surface area contributed by atoms with Gasteiger partial charge in [0, 0.05) is 17.1 Å². The van der Waals surface area contributed by atoms with Crippen LogP contribution in [-0.2, 0) is 0 Å². The van der Waals surface area contributed by atoms with E-state index in [9.17, 15) is 0 Å². The van der Waals surface area contributed by atoms with E-state index in [2.05, 4.69) is 31.0 Å². The molecule has 0 atom stereocenters. The van der Waals surface area contributed by atoms with Gasteiger partial charge >= 0.3 is 0 Å². The summed E-state index contributed by atoms with van der Waals surface area (Å²) in [5, 5.41) is 1.26. The summed E-state index contributed by atoms with van der Waals surface area (Å²) in [6, 6.07) is 6.22. The number of aromatic nitrogens is 1. The zero-order valence-electron chi connectivity index (χ0n) is 6.52. The molecule has 1 nitrogen and oxygen atoms in total. The van der Waals surface area contributed by atoms with Gasteiger partial charge in [-0.1, -0.05) is 12.1 Å². The van der Waals surface area contributed by atoms with Crippen LogP contribution in [0.5, 0.6) is 0 Å². The van der Waals surface area contributed by atoms with Gasteiger partial charge in [0.05, 0.1) is 0 Å². The van der Waals surface area contributed by atoms with Crippen molar-refractivity contribution in [2.75, 3.05) is 0 Å². The van der Waals surface area contributed by atoms with Crippen molar-refractivity contribution in [1.82, 2.24) is 4.98 Å². The molecule has 0 saturated heterocycles. The summed E-state index contributed by atoms with van der Waals surface area (Å²) in [5.41, 5.74) is 3.54. The van der Waals surface area contributed by atoms with Crippen LogP contribution in [0, 0.1) is 13.8 Å². The lowest BCUT2D eigenvalue weighted by molar-refractivity contribution is 1.46. The fourth-order valence-corrected chi connectivity index (χ4v) is 1.45. The molecule has 1 aromatic carbocycles. The minimum absolute atomic E-state index is 1.08. The Kier molecular flexibility index (Phi) is 1.25. The van der Waals surface area contributed by atoms with Crippen LogP contribution in [0.3, 0.4) is 0 Å². The van der Waals surface area contributed by atoms with Gasteiger partial charge in [-0.3, -0.25) is 0 Å². The summed E-state index contributed by atoms with van der Waals surface area (Å²) in [6.07, 6.45) is 1.94. The molecule has 0 aliphatic rings. The third kappa shape index (κ3) is 0.845. The van der Waals surface area contributed by atoms with Crippen LogP contribution >= 0.6 is 0 Å². The maximum Gasteiger partial charge on any atom is 0.0459 e.